The predicted octanol–water partition coefficient (Wildman–Crippen LogP) is 2.79. The minimum absolute atomic E-state index is 0.0259. The van der Waals surface area contributed by atoms with Crippen molar-refractivity contribution in [3.63, 3.8) is 0 Å². The summed E-state index contributed by atoms with van der Waals surface area (Å²) in [6, 6.07) is 7.17. The Kier molecular flexibility index (Phi) is 4.70. The second-order valence-electron chi connectivity index (χ2n) is 4.47. The fraction of sp³-hybridized carbons (Fsp3) is 0.500. The highest BCUT2D eigenvalue weighted by Gasteiger charge is 2.26. The molecular formula is C14H21NO2. The zero-order chi connectivity index (χ0) is 12.9. The van der Waals surface area contributed by atoms with Gasteiger partial charge in [0.1, 0.15) is 5.75 Å². The Morgan fingerprint density at radius 2 is 1.88 bits per heavy atom. The average molecular weight is 235 g/mol. The molecule has 1 atom stereocenters. The lowest BCUT2D eigenvalue weighted by molar-refractivity contribution is 0.0898. The Balaban J connectivity index is 2.77. The van der Waals surface area contributed by atoms with Gasteiger partial charge in [-0.25, -0.2) is 0 Å². The van der Waals surface area contributed by atoms with E-state index in [0.717, 1.165) is 12.2 Å². The van der Waals surface area contributed by atoms with Crippen LogP contribution in [0.5, 0.6) is 5.75 Å². The van der Waals surface area contributed by atoms with Gasteiger partial charge in [-0.2, -0.15) is 0 Å². The van der Waals surface area contributed by atoms with E-state index in [1.807, 2.05) is 19.1 Å². The second-order valence-corrected chi connectivity index (χ2v) is 4.47. The molecule has 1 aromatic rings. The maximum absolute atomic E-state index is 12.1. The summed E-state index contributed by atoms with van der Waals surface area (Å²) in [7, 11) is 0. The van der Waals surface area contributed by atoms with Crippen molar-refractivity contribution in [1.29, 1.82) is 0 Å². The number of hydrogen-bond acceptors (Lipinski definition) is 3. The molecule has 3 heteroatoms. The summed E-state index contributed by atoms with van der Waals surface area (Å²) in [6.45, 7) is 6.42. The molecule has 1 rings (SSSR count). The number of carbonyl (C=O) groups excluding carboxylic acids is 1. The normalized spacial score (nSPS) is 14.1. The van der Waals surface area contributed by atoms with Crippen molar-refractivity contribution in [2.45, 2.75) is 39.2 Å². The van der Waals surface area contributed by atoms with Crippen molar-refractivity contribution >= 4 is 5.78 Å². The topological polar surface area (TPSA) is 52.3 Å². The van der Waals surface area contributed by atoms with Crippen LogP contribution in [-0.2, 0) is 0 Å². The van der Waals surface area contributed by atoms with E-state index in [2.05, 4.69) is 6.92 Å². The number of rotatable bonds is 6. The van der Waals surface area contributed by atoms with Gasteiger partial charge in [0.15, 0.2) is 5.78 Å². The fourth-order valence-corrected chi connectivity index (χ4v) is 1.41. The molecule has 1 aromatic carbocycles. The zero-order valence-electron chi connectivity index (χ0n) is 10.8. The van der Waals surface area contributed by atoms with Crippen LogP contribution in [0, 0.1) is 0 Å². The highest BCUT2D eigenvalue weighted by Crippen LogP contribution is 2.18. The minimum atomic E-state index is -0.786. The first-order chi connectivity index (χ1) is 8.01. The Morgan fingerprint density at radius 3 is 2.35 bits per heavy atom. The highest BCUT2D eigenvalue weighted by atomic mass is 16.5. The number of ether oxygens (including phenoxy) is 1. The molecule has 0 saturated heterocycles. The van der Waals surface area contributed by atoms with E-state index in [1.54, 1.807) is 19.1 Å². The van der Waals surface area contributed by atoms with E-state index in [0.29, 0.717) is 18.6 Å². The third-order valence-corrected chi connectivity index (χ3v) is 2.84. The first-order valence-corrected chi connectivity index (χ1v) is 6.07. The van der Waals surface area contributed by atoms with Gasteiger partial charge in [-0.1, -0.05) is 13.8 Å². The maximum Gasteiger partial charge on any atom is 0.182 e. The minimum Gasteiger partial charge on any atom is -0.494 e. The van der Waals surface area contributed by atoms with Gasteiger partial charge in [-0.15, -0.1) is 0 Å². The summed E-state index contributed by atoms with van der Waals surface area (Å²) in [6.07, 6.45) is 1.59. The smallest absolute Gasteiger partial charge is 0.182 e. The van der Waals surface area contributed by atoms with E-state index in [1.165, 1.54) is 0 Å². The molecule has 17 heavy (non-hydrogen) atoms. The molecule has 3 nitrogen and oxygen atoms in total. The van der Waals surface area contributed by atoms with E-state index < -0.39 is 5.54 Å². The summed E-state index contributed by atoms with van der Waals surface area (Å²) in [5.74, 6) is 0.765. The lowest BCUT2D eigenvalue weighted by Gasteiger charge is -2.20. The number of hydrogen-bond donors (Lipinski definition) is 1. The Hall–Kier alpha value is -1.35. The molecule has 0 aliphatic carbocycles. The van der Waals surface area contributed by atoms with Gasteiger partial charge in [0.05, 0.1) is 12.1 Å². The van der Waals surface area contributed by atoms with Crippen LogP contribution in [0.3, 0.4) is 0 Å². The summed E-state index contributed by atoms with van der Waals surface area (Å²) in [5.41, 5.74) is 5.78. The third-order valence-electron chi connectivity index (χ3n) is 2.84. The van der Waals surface area contributed by atoms with Gasteiger partial charge in [0.25, 0.3) is 0 Å². The quantitative estimate of drug-likeness (QED) is 0.771. The number of ketones is 1. The predicted molar refractivity (Wildman–Crippen MR) is 69.4 cm³/mol. The van der Waals surface area contributed by atoms with Crippen molar-refractivity contribution in [3.05, 3.63) is 29.8 Å². The van der Waals surface area contributed by atoms with Crippen LogP contribution in [-0.4, -0.2) is 17.9 Å². The molecule has 0 aliphatic heterocycles. The van der Waals surface area contributed by atoms with Crippen LogP contribution in [0.15, 0.2) is 24.3 Å². The van der Waals surface area contributed by atoms with E-state index in [4.69, 9.17) is 10.5 Å². The molecule has 2 N–H and O–H groups in total. The largest absolute Gasteiger partial charge is 0.494 e. The molecule has 94 valence electrons. The summed E-state index contributed by atoms with van der Waals surface area (Å²) < 4.78 is 5.46. The molecule has 0 radical (unpaired) electrons. The fourth-order valence-electron chi connectivity index (χ4n) is 1.41. The SMILES string of the molecule is CCCOc1ccc(C(=O)C(C)(N)CC)cc1. The van der Waals surface area contributed by atoms with Crippen molar-refractivity contribution < 1.29 is 9.53 Å². The lowest BCUT2D eigenvalue weighted by Crippen LogP contribution is -2.44. The number of nitrogens with two attached hydrogens (primary N) is 1. The van der Waals surface area contributed by atoms with Gasteiger partial charge < -0.3 is 10.5 Å². The van der Waals surface area contributed by atoms with Crippen molar-refractivity contribution in [2.24, 2.45) is 5.73 Å². The highest BCUT2D eigenvalue weighted by molar-refractivity contribution is 6.02. The van der Waals surface area contributed by atoms with Crippen LogP contribution < -0.4 is 10.5 Å². The first kappa shape index (κ1) is 13.7. The number of benzene rings is 1. The molecule has 0 aliphatic rings. The average Bonchev–Trinajstić information content (AvgIpc) is 2.36. The van der Waals surface area contributed by atoms with Gasteiger partial charge in [0, 0.05) is 5.56 Å². The van der Waals surface area contributed by atoms with Crippen LogP contribution >= 0.6 is 0 Å². The third kappa shape index (κ3) is 3.56. The summed E-state index contributed by atoms with van der Waals surface area (Å²) in [4.78, 5) is 12.1. The Labute approximate surface area is 103 Å². The standard InChI is InChI=1S/C14H21NO2/c1-4-10-17-12-8-6-11(7-9-12)13(16)14(3,15)5-2/h6-9H,4-5,10,15H2,1-3H3. The molecule has 0 heterocycles. The molecule has 0 spiro atoms. The molecule has 0 amide bonds. The Morgan fingerprint density at radius 1 is 1.29 bits per heavy atom. The molecule has 0 fully saturated rings. The molecule has 0 aromatic heterocycles. The molecular weight excluding hydrogens is 214 g/mol. The van der Waals surface area contributed by atoms with Gasteiger partial charge in [0.2, 0.25) is 0 Å². The Bertz CT molecular complexity index is 368. The van der Waals surface area contributed by atoms with E-state index in [9.17, 15) is 4.79 Å². The van der Waals surface area contributed by atoms with Gasteiger partial charge in [-0.05, 0) is 44.0 Å². The monoisotopic (exact) mass is 235 g/mol. The van der Waals surface area contributed by atoms with Crippen molar-refractivity contribution in [1.82, 2.24) is 0 Å². The van der Waals surface area contributed by atoms with Gasteiger partial charge >= 0.3 is 0 Å². The maximum atomic E-state index is 12.1. The number of Topliss-reactive ketones (excluding diaryl/α,β-unsaturated/α-hetero) is 1. The molecule has 0 bridgehead atoms. The van der Waals surface area contributed by atoms with E-state index in [-0.39, 0.29) is 5.78 Å². The molecule has 0 saturated carbocycles. The van der Waals surface area contributed by atoms with Crippen molar-refractivity contribution in [3.8, 4) is 5.75 Å². The first-order valence-electron chi connectivity index (χ1n) is 6.07. The zero-order valence-corrected chi connectivity index (χ0v) is 10.8. The summed E-state index contributed by atoms with van der Waals surface area (Å²) >= 11 is 0. The van der Waals surface area contributed by atoms with E-state index >= 15 is 0 Å². The number of carbonyl (C=O) groups is 1. The lowest BCUT2D eigenvalue weighted by atomic mass is 9.90. The van der Waals surface area contributed by atoms with Crippen LogP contribution in [0.4, 0.5) is 0 Å². The molecule has 1 unspecified atom stereocenters. The van der Waals surface area contributed by atoms with Crippen molar-refractivity contribution in [2.75, 3.05) is 6.61 Å². The van der Waals surface area contributed by atoms with Crippen LogP contribution in [0.1, 0.15) is 44.0 Å². The van der Waals surface area contributed by atoms with Gasteiger partial charge in [-0.3, -0.25) is 4.79 Å². The van der Waals surface area contributed by atoms with Crippen LogP contribution in [0.25, 0.3) is 0 Å². The summed E-state index contributed by atoms with van der Waals surface area (Å²) in [5, 5.41) is 0. The second kappa shape index (κ2) is 5.82. The van der Waals surface area contributed by atoms with Crippen LogP contribution in [0.2, 0.25) is 0 Å².